The van der Waals surface area contributed by atoms with Gasteiger partial charge in [0.1, 0.15) is 6.10 Å². The van der Waals surface area contributed by atoms with Gasteiger partial charge in [0.15, 0.2) is 0 Å². The Labute approximate surface area is 340 Å². The zero-order chi connectivity index (χ0) is 39.6. The summed E-state index contributed by atoms with van der Waals surface area (Å²) in [5.74, 6) is -0.00782. The van der Waals surface area contributed by atoms with Crippen molar-refractivity contribution in [1.29, 1.82) is 0 Å². The maximum absolute atomic E-state index is 12.8. The fraction of sp³-hybridized carbons (Fsp3) is 0.957. The van der Waals surface area contributed by atoms with Crippen molar-refractivity contribution in [2.75, 3.05) is 39.0 Å². The Morgan fingerprint density at radius 1 is 0.481 bits per heavy atom. The Bertz CT molecular complexity index is 772. The van der Waals surface area contributed by atoms with E-state index in [-0.39, 0.29) is 18.0 Å². The number of unbranched alkanes of at least 4 members (excludes halogenated alkanes) is 24. The second-order valence-corrected chi connectivity index (χ2v) is 16.8. The molecule has 322 valence electrons. The van der Waals surface area contributed by atoms with E-state index in [1.54, 1.807) is 0 Å². The van der Waals surface area contributed by atoms with E-state index < -0.39 is 0 Å². The molecule has 0 aromatic rings. The predicted octanol–water partition coefficient (Wildman–Crippen LogP) is 14.0. The first-order valence-corrected chi connectivity index (χ1v) is 24.7. The van der Waals surface area contributed by atoms with Crippen LogP contribution in [0.25, 0.3) is 0 Å². The van der Waals surface area contributed by atoms with E-state index in [1.807, 2.05) is 6.26 Å². The molecule has 0 radical (unpaired) electrons. The van der Waals surface area contributed by atoms with Gasteiger partial charge in [0.25, 0.3) is 0 Å². The van der Waals surface area contributed by atoms with Crippen molar-refractivity contribution in [3.63, 3.8) is 0 Å². The Morgan fingerprint density at radius 3 is 1.35 bits per heavy atom. The Hall–Kier alpha value is -0.830. The lowest BCUT2D eigenvalue weighted by Gasteiger charge is -2.23. The summed E-state index contributed by atoms with van der Waals surface area (Å²) in [6, 6.07) is 0. The van der Waals surface area contributed by atoms with Crippen LogP contribution in [0, 0.1) is 0 Å². The average molecular weight is 785 g/mol. The van der Waals surface area contributed by atoms with Gasteiger partial charge in [0.05, 0.1) is 6.61 Å². The molecule has 0 aromatic carbocycles. The summed E-state index contributed by atoms with van der Waals surface area (Å²) >= 11 is 1.37. The van der Waals surface area contributed by atoms with Crippen molar-refractivity contribution in [1.82, 2.24) is 9.37 Å². The van der Waals surface area contributed by atoms with Gasteiger partial charge in [-0.2, -0.15) is 0 Å². The standard InChI is InChI=1S/C46H92N2O5S/c1-5-8-11-14-17-26-33-43-52-45(49)37-29-22-18-24-31-39-47(41-34-42-48(51)54-4)40-32-25-19-23-30-38-46(50)53-44(35-27-20-15-12-9-6-2)36-28-21-16-13-10-7-3/h44,51H,5-43H2,1-4H3. The largest absolute Gasteiger partial charge is 0.466 e. The average Bonchev–Trinajstić information content (AvgIpc) is 3.17. The monoisotopic (exact) mass is 785 g/mol. The molecule has 0 aromatic heterocycles. The van der Waals surface area contributed by atoms with Crippen LogP contribution in [0.5, 0.6) is 0 Å². The molecule has 0 spiro atoms. The molecule has 0 rings (SSSR count). The van der Waals surface area contributed by atoms with Gasteiger partial charge < -0.3 is 19.6 Å². The molecule has 0 bridgehead atoms. The Kier molecular flexibility index (Phi) is 42.6. The first-order valence-electron chi connectivity index (χ1n) is 23.5. The molecule has 0 saturated heterocycles. The number of hydrogen-bond donors (Lipinski definition) is 1. The van der Waals surface area contributed by atoms with Crippen molar-refractivity contribution < 1.29 is 24.3 Å². The van der Waals surface area contributed by atoms with Gasteiger partial charge in [0, 0.05) is 19.4 Å². The number of rotatable bonds is 44. The van der Waals surface area contributed by atoms with Crippen LogP contribution >= 0.6 is 11.9 Å². The topological polar surface area (TPSA) is 79.3 Å². The first-order chi connectivity index (χ1) is 26.5. The number of esters is 2. The van der Waals surface area contributed by atoms with Crippen LogP contribution in [0.1, 0.15) is 239 Å². The van der Waals surface area contributed by atoms with E-state index in [4.69, 9.17) is 9.47 Å². The SMILES string of the molecule is CCCCCCCCCOC(=O)CCCCCCCN(CCCCCCCC(=O)OC(CCCCCCCC)CCCCCCCC)CCCN(O)SC. The molecule has 0 unspecified atom stereocenters. The third-order valence-electron chi connectivity index (χ3n) is 10.8. The van der Waals surface area contributed by atoms with E-state index in [9.17, 15) is 14.8 Å². The summed E-state index contributed by atoms with van der Waals surface area (Å²) in [4.78, 5) is 27.4. The molecule has 0 saturated carbocycles. The van der Waals surface area contributed by atoms with Crippen LogP contribution in [0.4, 0.5) is 0 Å². The number of ether oxygens (including phenoxy) is 2. The first kappa shape index (κ1) is 53.2. The summed E-state index contributed by atoms with van der Waals surface area (Å²) < 4.78 is 12.8. The summed E-state index contributed by atoms with van der Waals surface area (Å²) in [6.07, 6.45) is 41.3. The fourth-order valence-electron chi connectivity index (χ4n) is 7.26. The highest BCUT2D eigenvalue weighted by molar-refractivity contribution is 7.96. The number of nitrogens with zero attached hydrogens (tertiary/aromatic N) is 2. The van der Waals surface area contributed by atoms with Crippen molar-refractivity contribution in [2.45, 2.75) is 245 Å². The van der Waals surface area contributed by atoms with Gasteiger partial charge in [-0.3, -0.25) is 9.59 Å². The van der Waals surface area contributed by atoms with Gasteiger partial charge >= 0.3 is 11.9 Å². The molecule has 1 N–H and O–H groups in total. The minimum atomic E-state index is -0.0264. The van der Waals surface area contributed by atoms with Gasteiger partial charge in [-0.25, -0.2) is 0 Å². The molecule has 8 heteroatoms. The Morgan fingerprint density at radius 2 is 0.870 bits per heavy atom. The second kappa shape index (κ2) is 43.3. The summed E-state index contributed by atoms with van der Waals surface area (Å²) in [5, 5.41) is 9.86. The van der Waals surface area contributed by atoms with E-state index in [2.05, 4.69) is 25.7 Å². The number of hydrogen-bond acceptors (Lipinski definition) is 8. The van der Waals surface area contributed by atoms with Crippen LogP contribution in [0.2, 0.25) is 0 Å². The lowest BCUT2D eigenvalue weighted by molar-refractivity contribution is -0.150. The number of carbonyl (C=O) groups excluding carboxylic acids is 2. The van der Waals surface area contributed by atoms with Crippen LogP contribution < -0.4 is 0 Å². The van der Waals surface area contributed by atoms with Gasteiger partial charge in [-0.1, -0.05) is 174 Å². The third kappa shape index (κ3) is 39.4. The fourth-order valence-corrected chi connectivity index (χ4v) is 7.57. The molecule has 54 heavy (non-hydrogen) atoms. The van der Waals surface area contributed by atoms with Crippen LogP contribution in [0.15, 0.2) is 0 Å². The van der Waals surface area contributed by atoms with Crippen molar-refractivity contribution >= 4 is 23.9 Å². The van der Waals surface area contributed by atoms with Crippen molar-refractivity contribution in [2.24, 2.45) is 0 Å². The van der Waals surface area contributed by atoms with E-state index in [1.165, 1.54) is 164 Å². The zero-order valence-corrected chi connectivity index (χ0v) is 37.4. The maximum atomic E-state index is 12.8. The molecule has 0 aliphatic heterocycles. The molecule has 0 aliphatic rings. The highest BCUT2D eigenvalue weighted by Crippen LogP contribution is 2.19. The summed E-state index contributed by atoms with van der Waals surface area (Å²) in [7, 11) is 0. The maximum Gasteiger partial charge on any atom is 0.306 e. The lowest BCUT2D eigenvalue weighted by Crippen LogP contribution is -2.29. The van der Waals surface area contributed by atoms with E-state index >= 15 is 0 Å². The Balaban J connectivity index is 4.24. The predicted molar refractivity (Wildman–Crippen MR) is 233 cm³/mol. The van der Waals surface area contributed by atoms with Gasteiger partial charge in [0.2, 0.25) is 0 Å². The third-order valence-corrected chi connectivity index (χ3v) is 11.4. The molecular formula is C46H92N2O5S. The quantitative estimate of drug-likeness (QED) is 0.0283. The lowest BCUT2D eigenvalue weighted by atomic mass is 10.0. The minimum absolute atomic E-state index is 0.0186. The molecular weight excluding hydrogens is 693 g/mol. The zero-order valence-electron chi connectivity index (χ0n) is 36.5. The van der Waals surface area contributed by atoms with Crippen LogP contribution in [-0.4, -0.2) is 71.7 Å². The molecule has 0 atom stereocenters. The summed E-state index contributed by atoms with van der Waals surface area (Å²) in [6.45, 7) is 11.2. The molecule has 0 aliphatic carbocycles. The minimum Gasteiger partial charge on any atom is -0.466 e. The van der Waals surface area contributed by atoms with Gasteiger partial charge in [-0.15, -0.1) is 4.47 Å². The highest BCUT2D eigenvalue weighted by Gasteiger charge is 2.14. The normalized spacial score (nSPS) is 11.7. The van der Waals surface area contributed by atoms with E-state index in [0.717, 1.165) is 77.4 Å². The van der Waals surface area contributed by atoms with Crippen molar-refractivity contribution in [3.8, 4) is 0 Å². The van der Waals surface area contributed by atoms with Gasteiger partial charge in [-0.05, 0) is 90.1 Å². The summed E-state index contributed by atoms with van der Waals surface area (Å²) in [5.41, 5.74) is 0. The molecule has 0 heterocycles. The van der Waals surface area contributed by atoms with Crippen LogP contribution in [-0.2, 0) is 19.1 Å². The molecule has 0 amide bonds. The van der Waals surface area contributed by atoms with Crippen LogP contribution in [0.3, 0.4) is 0 Å². The molecule has 0 fully saturated rings. The number of carbonyl (C=O) groups is 2. The smallest absolute Gasteiger partial charge is 0.306 e. The number of hydroxylamine groups is 1. The molecule has 7 nitrogen and oxygen atoms in total. The highest BCUT2D eigenvalue weighted by atomic mass is 32.2. The van der Waals surface area contributed by atoms with E-state index in [0.29, 0.717) is 26.0 Å². The second-order valence-electron chi connectivity index (χ2n) is 16.1. The van der Waals surface area contributed by atoms with Crippen molar-refractivity contribution in [3.05, 3.63) is 0 Å².